The van der Waals surface area contributed by atoms with E-state index in [9.17, 15) is 0 Å². The van der Waals surface area contributed by atoms with Gasteiger partial charge in [0.25, 0.3) is 0 Å². The van der Waals surface area contributed by atoms with Gasteiger partial charge in [-0.05, 0) is 31.2 Å². The molecule has 0 unspecified atom stereocenters. The van der Waals surface area contributed by atoms with Crippen LogP contribution in [-0.2, 0) is 6.42 Å². The van der Waals surface area contributed by atoms with Crippen LogP contribution in [0.25, 0.3) is 27.7 Å². The number of aromatic nitrogens is 5. The van der Waals surface area contributed by atoms with Crippen molar-refractivity contribution in [3.63, 3.8) is 0 Å². The summed E-state index contributed by atoms with van der Waals surface area (Å²) < 4.78 is 1.59. The fraction of sp³-hybridized carbons (Fsp3) is 0.133. The fourth-order valence-corrected chi connectivity index (χ4v) is 2.95. The van der Waals surface area contributed by atoms with Crippen molar-refractivity contribution in [3.05, 3.63) is 47.5 Å². The van der Waals surface area contributed by atoms with Gasteiger partial charge in [-0.2, -0.15) is 14.8 Å². The lowest BCUT2D eigenvalue weighted by atomic mass is 10.1. The summed E-state index contributed by atoms with van der Waals surface area (Å²) in [6.45, 7) is 0.580. The first kappa shape index (κ1) is 13.2. The SMILES string of the molecule is NCCc1cc2c(-c3cnn4ncccc34)c(Cl)cnc2[nH]1. The van der Waals surface area contributed by atoms with Crippen LogP contribution in [0, 0.1) is 0 Å². The van der Waals surface area contributed by atoms with Gasteiger partial charge in [0.05, 0.1) is 16.7 Å². The molecule has 0 aliphatic carbocycles. The van der Waals surface area contributed by atoms with Gasteiger partial charge in [-0.15, -0.1) is 0 Å². The maximum absolute atomic E-state index is 6.42. The Morgan fingerprint density at radius 2 is 2.18 bits per heavy atom. The van der Waals surface area contributed by atoms with Crippen LogP contribution >= 0.6 is 11.6 Å². The zero-order valence-electron chi connectivity index (χ0n) is 11.6. The van der Waals surface area contributed by atoms with Crippen molar-refractivity contribution in [2.24, 2.45) is 5.73 Å². The minimum absolute atomic E-state index is 0.580. The first-order chi connectivity index (χ1) is 10.8. The second-order valence-corrected chi connectivity index (χ2v) is 5.44. The summed E-state index contributed by atoms with van der Waals surface area (Å²) in [5.74, 6) is 0. The molecule has 0 radical (unpaired) electrons. The van der Waals surface area contributed by atoms with Crippen LogP contribution in [-0.4, -0.2) is 31.3 Å². The third-order valence-electron chi connectivity index (χ3n) is 3.65. The Balaban J connectivity index is 2.02. The zero-order valence-corrected chi connectivity index (χ0v) is 12.4. The van der Waals surface area contributed by atoms with Crippen LogP contribution in [0.1, 0.15) is 5.69 Å². The molecule has 22 heavy (non-hydrogen) atoms. The summed E-state index contributed by atoms with van der Waals surface area (Å²) in [4.78, 5) is 7.64. The van der Waals surface area contributed by atoms with E-state index in [1.54, 1.807) is 23.2 Å². The largest absolute Gasteiger partial charge is 0.343 e. The molecule has 0 bridgehead atoms. The average molecular weight is 313 g/mol. The maximum atomic E-state index is 6.42. The quantitative estimate of drug-likeness (QED) is 0.608. The molecule has 0 saturated heterocycles. The number of hydrogen-bond donors (Lipinski definition) is 2. The van der Waals surface area contributed by atoms with E-state index in [2.05, 4.69) is 26.2 Å². The van der Waals surface area contributed by atoms with Crippen molar-refractivity contribution >= 4 is 28.2 Å². The van der Waals surface area contributed by atoms with Crippen LogP contribution < -0.4 is 5.73 Å². The molecule has 0 aromatic carbocycles. The van der Waals surface area contributed by atoms with Crippen LogP contribution in [0.5, 0.6) is 0 Å². The number of nitrogens with one attached hydrogen (secondary N) is 1. The molecule has 4 aromatic heterocycles. The molecule has 0 fully saturated rings. The highest BCUT2D eigenvalue weighted by atomic mass is 35.5. The molecule has 4 heterocycles. The number of hydrogen-bond acceptors (Lipinski definition) is 4. The number of fused-ring (bicyclic) bond motifs is 2. The molecule has 0 atom stereocenters. The average Bonchev–Trinajstić information content (AvgIpc) is 3.12. The number of rotatable bonds is 3. The lowest BCUT2D eigenvalue weighted by molar-refractivity contribution is 0.800. The number of aromatic amines is 1. The molecule has 4 aromatic rings. The van der Waals surface area contributed by atoms with Gasteiger partial charge in [0, 0.05) is 34.6 Å². The van der Waals surface area contributed by atoms with E-state index in [0.29, 0.717) is 11.6 Å². The predicted octanol–water partition coefficient (Wildman–Crippen LogP) is 2.43. The van der Waals surface area contributed by atoms with Crippen LogP contribution in [0.15, 0.2) is 36.8 Å². The highest BCUT2D eigenvalue weighted by Crippen LogP contribution is 2.36. The van der Waals surface area contributed by atoms with E-state index in [1.807, 2.05) is 12.1 Å². The van der Waals surface area contributed by atoms with E-state index in [1.165, 1.54) is 0 Å². The minimum atomic E-state index is 0.580. The molecule has 0 saturated carbocycles. The van der Waals surface area contributed by atoms with Crippen LogP contribution in [0.4, 0.5) is 0 Å². The summed E-state index contributed by atoms with van der Waals surface area (Å²) in [6.07, 6.45) is 5.90. The molecule has 0 spiro atoms. The molecule has 3 N–H and O–H groups in total. The Hall–Kier alpha value is -2.44. The van der Waals surface area contributed by atoms with E-state index >= 15 is 0 Å². The monoisotopic (exact) mass is 312 g/mol. The number of nitrogens with zero attached hydrogens (tertiary/aromatic N) is 4. The number of halogens is 1. The van der Waals surface area contributed by atoms with Gasteiger partial charge in [0.15, 0.2) is 0 Å². The lowest BCUT2D eigenvalue weighted by Gasteiger charge is -2.04. The fourth-order valence-electron chi connectivity index (χ4n) is 2.69. The normalized spacial score (nSPS) is 11.5. The first-order valence-corrected chi connectivity index (χ1v) is 7.31. The van der Waals surface area contributed by atoms with E-state index in [0.717, 1.165) is 39.8 Å². The molecular weight excluding hydrogens is 300 g/mol. The molecule has 0 aliphatic rings. The smallest absolute Gasteiger partial charge is 0.138 e. The minimum Gasteiger partial charge on any atom is -0.343 e. The van der Waals surface area contributed by atoms with Gasteiger partial charge >= 0.3 is 0 Å². The maximum Gasteiger partial charge on any atom is 0.138 e. The summed E-state index contributed by atoms with van der Waals surface area (Å²) >= 11 is 6.42. The standard InChI is InChI=1S/C15H13ClN6/c16-12-8-18-15-10(6-9(21-15)3-4-17)14(12)11-7-20-22-13(11)2-1-5-19-22/h1-2,5-8H,3-4,17H2,(H,18,21). The molecule has 4 rings (SSSR count). The summed E-state index contributed by atoms with van der Waals surface area (Å²) in [5.41, 5.74) is 10.2. The third-order valence-corrected chi connectivity index (χ3v) is 3.94. The van der Waals surface area contributed by atoms with Gasteiger partial charge in [-0.3, -0.25) is 0 Å². The van der Waals surface area contributed by atoms with Crippen molar-refractivity contribution in [1.29, 1.82) is 0 Å². The van der Waals surface area contributed by atoms with Crippen molar-refractivity contribution < 1.29 is 0 Å². The van der Waals surface area contributed by atoms with Gasteiger partial charge in [-0.1, -0.05) is 11.6 Å². The molecule has 0 aliphatic heterocycles. The summed E-state index contributed by atoms with van der Waals surface area (Å²) in [7, 11) is 0. The number of H-pyrrole nitrogens is 1. The molecule has 7 heteroatoms. The topological polar surface area (TPSA) is 84.9 Å². The molecule has 0 amide bonds. The van der Waals surface area contributed by atoms with Crippen LogP contribution in [0.2, 0.25) is 5.02 Å². The van der Waals surface area contributed by atoms with Crippen molar-refractivity contribution in [1.82, 2.24) is 24.8 Å². The van der Waals surface area contributed by atoms with E-state index in [4.69, 9.17) is 17.3 Å². The Morgan fingerprint density at radius 1 is 1.27 bits per heavy atom. The highest BCUT2D eigenvalue weighted by molar-refractivity contribution is 6.35. The van der Waals surface area contributed by atoms with Crippen molar-refractivity contribution in [3.8, 4) is 11.1 Å². The van der Waals surface area contributed by atoms with Crippen molar-refractivity contribution in [2.75, 3.05) is 6.54 Å². The van der Waals surface area contributed by atoms with Gasteiger partial charge in [0.1, 0.15) is 5.65 Å². The highest BCUT2D eigenvalue weighted by Gasteiger charge is 2.16. The van der Waals surface area contributed by atoms with Crippen LogP contribution in [0.3, 0.4) is 0 Å². The second-order valence-electron chi connectivity index (χ2n) is 5.03. The number of pyridine rings is 1. The van der Waals surface area contributed by atoms with Gasteiger partial charge in [-0.25, -0.2) is 4.98 Å². The number of nitrogens with two attached hydrogens (primary N) is 1. The van der Waals surface area contributed by atoms with Gasteiger partial charge < -0.3 is 10.7 Å². The zero-order chi connectivity index (χ0) is 15.1. The van der Waals surface area contributed by atoms with E-state index < -0.39 is 0 Å². The lowest BCUT2D eigenvalue weighted by Crippen LogP contribution is -2.02. The summed E-state index contributed by atoms with van der Waals surface area (Å²) in [5, 5.41) is 10.0. The molecule has 6 nitrogen and oxygen atoms in total. The molecular formula is C15H13ClN6. The van der Waals surface area contributed by atoms with Crippen molar-refractivity contribution in [2.45, 2.75) is 6.42 Å². The first-order valence-electron chi connectivity index (χ1n) is 6.93. The van der Waals surface area contributed by atoms with E-state index in [-0.39, 0.29) is 0 Å². The Morgan fingerprint density at radius 3 is 3.05 bits per heavy atom. The predicted molar refractivity (Wildman–Crippen MR) is 85.8 cm³/mol. The third kappa shape index (κ3) is 1.96. The van der Waals surface area contributed by atoms with Gasteiger partial charge in [0.2, 0.25) is 0 Å². The summed E-state index contributed by atoms with van der Waals surface area (Å²) in [6, 6.07) is 5.89. The molecule has 110 valence electrons. The Kier molecular flexibility index (Phi) is 3.06. The second kappa shape index (κ2) is 5.08. The Bertz CT molecular complexity index is 971. The Labute approximate surface area is 130 Å².